The number of aromatic nitrogens is 4. The van der Waals surface area contributed by atoms with Gasteiger partial charge >= 0.3 is 0 Å². The maximum Gasteiger partial charge on any atom is 0.251 e. The minimum absolute atomic E-state index is 0.00709. The molecular weight excluding hydrogens is 292 g/mol. The van der Waals surface area contributed by atoms with E-state index >= 15 is 0 Å². The lowest BCUT2D eigenvalue weighted by Gasteiger charge is -2.07. The molecule has 0 aliphatic heterocycles. The van der Waals surface area contributed by atoms with Gasteiger partial charge in [0.25, 0.3) is 5.95 Å². The first-order valence-electron chi connectivity index (χ1n) is 7.71. The largest absolute Gasteiger partial charge is 0.355 e. The Labute approximate surface area is 136 Å². The number of likely N-dealkylation sites (N-methyl/N-ethyl adjacent to an activating group) is 1. The Morgan fingerprint density at radius 3 is 2.39 bits per heavy atom. The van der Waals surface area contributed by atoms with Gasteiger partial charge in [-0.1, -0.05) is 0 Å². The predicted octanol–water partition coefficient (Wildman–Crippen LogP) is 0.774. The minimum atomic E-state index is -0.00709. The van der Waals surface area contributed by atoms with E-state index in [1.807, 2.05) is 40.8 Å². The first kappa shape index (κ1) is 17.1. The van der Waals surface area contributed by atoms with Crippen molar-refractivity contribution in [2.45, 2.75) is 34.1 Å². The molecule has 0 unspecified atom stereocenters. The molecule has 0 aromatic carbocycles. The van der Waals surface area contributed by atoms with E-state index in [0.717, 1.165) is 34.9 Å². The van der Waals surface area contributed by atoms with Gasteiger partial charge in [0.2, 0.25) is 5.91 Å². The van der Waals surface area contributed by atoms with Crippen LogP contribution in [0.15, 0.2) is 6.07 Å². The van der Waals surface area contributed by atoms with Crippen LogP contribution in [0.1, 0.15) is 28.3 Å². The Bertz CT molecular complexity index is 687. The lowest BCUT2D eigenvalue weighted by atomic mass is 10.1. The normalized spacial score (nSPS) is 10.8. The number of nitrogens with zero attached hydrogens (tertiary/aromatic N) is 4. The fraction of sp³-hybridized carbons (Fsp3) is 0.500. The van der Waals surface area contributed by atoms with Gasteiger partial charge in [0.1, 0.15) is 0 Å². The van der Waals surface area contributed by atoms with Crippen LogP contribution in [0, 0.1) is 27.7 Å². The molecule has 0 bridgehead atoms. The molecule has 0 spiro atoms. The Balaban J connectivity index is 2.24. The highest BCUT2D eigenvalue weighted by Gasteiger charge is 2.17. The highest BCUT2D eigenvalue weighted by atomic mass is 16.1. The van der Waals surface area contributed by atoms with Crippen molar-refractivity contribution in [1.29, 1.82) is 0 Å². The summed E-state index contributed by atoms with van der Waals surface area (Å²) in [6.45, 7) is 9.07. The Hall–Kier alpha value is -2.28. The SMILES string of the molecule is CNCCNC(=O)Cc1c(C)nn(-c2nc(C)cc(C)n2)c1C. The molecule has 2 N–H and O–H groups in total. The zero-order valence-electron chi connectivity index (χ0n) is 14.4. The van der Waals surface area contributed by atoms with Crippen LogP contribution in [0.25, 0.3) is 5.95 Å². The molecule has 0 aliphatic rings. The smallest absolute Gasteiger partial charge is 0.251 e. The van der Waals surface area contributed by atoms with Crippen molar-refractivity contribution in [3.05, 3.63) is 34.4 Å². The van der Waals surface area contributed by atoms with Gasteiger partial charge < -0.3 is 10.6 Å². The van der Waals surface area contributed by atoms with Crippen LogP contribution in [-0.4, -0.2) is 45.8 Å². The summed E-state index contributed by atoms with van der Waals surface area (Å²) >= 11 is 0. The number of carbonyl (C=O) groups is 1. The molecule has 2 aromatic rings. The van der Waals surface area contributed by atoms with Crippen molar-refractivity contribution in [2.75, 3.05) is 20.1 Å². The molecule has 0 radical (unpaired) electrons. The van der Waals surface area contributed by atoms with Gasteiger partial charge in [-0.25, -0.2) is 14.6 Å². The summed E-state index contributed by atoms with van der Waals surface area (Å²) < 4.78 is 1.71. The molecule has 1 amide bonds. The summed E-state index contributed by atoms with van der Waals surface area (Å²) in [5, 5.41) is 10.4. The van der Waals surface area contributed by atoms with E-state index in [-0.39, 0.29) is 5.91 Å². The van der Waals surface area contributed by atoms with Crippen molar-refractivity contribution in [2.24, 2.45) is 0 Å². The lowest BCUT2D eigenvalue weighted by molar-refractivity contribution is -0.120. The average Bonchev–Trinajstić information content (AvgIpc) is 2.75. The Morgan fingerprint density at radius 1 is 1.13 bits per heavy atom. The zero-order valence-corrected chi connectivity index (χ0v) is 14.4. The van der Waals surface area contributed by atoms with Gasteiger partial charge in [0.05, 0.1) is 12.1 Å². The van der Waals surface area contributed by atoms with E-state index in [4.69, 9.17) is 0 Å². The Kier molecular flexibility index (Phi) is 5.44. The second-order valence-corrected chi connectivity index (χ2v) is 5.64. The van der Waals surface area contributed by atoms with Crippen LogP contribution in [0.5, 0.6) is 0 Å². The molecule has 2 aromatic heterocycles. The Morgan fingerprint density at radius 2 is 1.78 bits per heavy atom. The van der Waals surface area contributed by atoms with Gasteiger partial charge in [0.15, 0.2) is 0 Å². The van der Waals surface area contributed by atoms with E-state index in [2.05, 4.69) is 25.7 Å². The standard InChI is InChI=1S/C16H24N6O/c1-10-8-11(2)20-16(19-10)22-13(4)14(12(3)21-22)9-15(23)18-7-6-17-5/h8,17H,6-7,9H2,1-5H3,(H,18,23). The van der Waals surface area contributed by atoms with E-state index in [9.17, 15) is 4.79 Å². The summed E-state index contributed by atoms with van der Waals surface area (Å²) in [5.41, 5.74) is 4.44. The van der Waals surface area contributed by atoms with Crippen molar-refractivity contribution >= 4 is 5.91 Å². The molecule has 2 rings (SSSR count). The highest BCUT2D eigenvalue weighted by Crippen LogP contribution is 2.17. The molecule has 124 valence electrons. The van der Waals surface area contributed by atoms with Crippen molar-refractivity contribution in [1.82, 2.24) is 30.4 Å². The van der Waals surface area contributed by atoms with E-state index in [1.165, 1.54) is 0 Å². The van der Waals surface area contributed by atoms with E-state index < -0.39 is 0 Å². The maximum atomic E-state index is 12.0. The molecule has 0 fully saturated rings. The third-order valence-corrected chi connectivity index (χ3v) is 3.64. The summed E-state index contributed by atoms with van der Waals surface area (Å²) in [7, 11) is 1.86. The van der Waals surface area contributed by atoms with Crippen LogP contribution >= 0.6 is 0 Å². The quantitative estimate of drug-likeness (QED) is 0.769. The maximum absolute atomic E-state index is 12.0. The first-order chi connectivity index (χ1) is 10.9. The molecule has 7 heteroatoms. The molecule has 0 saturated heterocycles. The number of aryl methyl sites for hydroxylation is 3. The molecule has 0 atom stereocenters. The van der Waals surface area contributed by atoms with Crippen LogP contribution in [0.2, 0.25) is 0 Å². The second-order valence-electron chi connectivity index (χ2n) is 5.64. The van der Waals surface area contributed by atoms with Gasteiger partial charge in [-0.2, -0.15) is 5.10 Å². The van der Waals surface area contributed by atoms with Crippen molar-refractivity contribution in [3.8, 4) is 5.95 Å². The molecule has 23 heavy (non-hydrogen) atoms. The highest BCUT2D eigenvalue weighted by molar-refractivity contribution is 5.79. The van der Waals surface area contributed by atoms with Crippen LogP contribution in [0.4, 0.5) is 0 Å². The lowest BCUT2D eigenvalue weighted by Crippen LogP contribution is -2.31. The number of amides is 1. The van der Waals surface area contributed by atoms with Gasteiger partial charge in [-0.3, -0.25) is 4.79 Å². The topological polar surface area (TPSA) is 84.7 Å². The average molecular weight is 316 g/mol. The molecule has 7 nitrogen and oxygen atoms in total. The second kappa shape index (κ2) is 7.32. The first-order valence-corrected chi connectivity index (χ1v) is 7.71. The number of rotatable bonds is 6. The van der Waals surface area contributed by atoms with Crippen LogP contribution < -0.4 is 10.6 Å². The fourth-order valence-corrected chi connectivity index (χ4v) is 2.48. The van der Waals surface area contributed by atoms with E-state index in [0.29, 0.717) is 18.9 Å². The third-order valence-electron chi connectivity index (χ3n) is 3.64. The van der Waals surface area contributed by atoms with Gasteiger partial charge in [-0.15, -0.1) is 0 Å². The van der Waals surface area contributed by atoms with Gasteiger partial charge in [-0.05, 0) is 40.8 Å². The fourth-order valence-electron chi connectivity index (χ4n) is 2.48. The minimum Gasteiger partial charge on any atom is -0.355 e. The van der Waals surface area contributed by atoms with Crippen LogP contribution in [-0.2, 0) is 11.2 Å². The predicted molar refractivity (Wildman–Crippen MR) is 88.7 cm³/mol. The van der Waals surface area contributed by atoms with Gasteiger partial charge in [0, 0.05) is 35.7 Å². The van der Waals surface area contributed by atoms with Crippen molar-refractivity contribution in [3.63, 3.8) is 0 Å². The number of hydrogen-bond acceptors (Lipinski definition) is 5. The molecule has 0 saturated carbocycles. The third kappa shape index (κ3) is 4.13. The van der Waals surface area contributed by atoms with Crippen LogP contribution in [0.3, 0.4) is 0 Å². The number of nitrogens with one attached hydrogen (secondary N) is 2. The molecule has 0 aliphatic carbocycles. The van der Waals surface area contributed by atoms with Crippen molar-refractivity contribution < 1.29 is 4.79 Å². The summed E-state index contributed by atoms with van der Waals surface area (Å²) in [6.07, 6.45) is 0.312. The monoisotopic (exact) mass is 316 g/mol. The number of carbonyl (C=O) groups excluding carboxylic acids is 1. The molecule has 2 heterocycles. The van der Waals surface area contributed by atoms with E-state index in [1.54, 1.807) is 4.68 Å². The summed E-state index contributed by atoms with van der Waals surface area (Å²) in [5.74, 6) is 0.539. The summed E-state index contributed by atoms with van der Waals surface area (Å²) in [4.78, 5) is 20.9. The zero-order chi connectivity index (χ0) is 17.0. The number of hydrogen-bond donors (Lipinski definition) is 2. The molecular formula is C16H24N6O. The summed E-state index contributed by atoms with van der Waals surface area (Å²) in [6, 6.07) is 1.92.